The van der Waals surface area contributed by atoms with E-state index in [1.54, 1.807) is 16.7 Å². The second-order valence-electron chi connectivity index (χ2n) is 8.61. The van der Waals surface area contributed by atoms with Gasteiger partial charge in [-0.05, 0) is 54.5 Å². The molecular weight excluding hydrogens is 417 g/mol. The molecule has 2 amide bonds. The van der Waals surface area contributed by atoms with E-state index >= 15 is 0 Å². The number of hydrogen-bond donors (Lipinski definition) is 1. The van der Waals surface area contributed by atoms with Crippen molar-refractivity contribution in [3.8, 4) is 11.1 Å². The number of rotatable bonds is 7. The quantitative estimate of drug-likeness (QED) is 0.659. The summed E-state index contributed by atoms with van der Waals surface area (Å²) in [4.78, 5) is 29.9. The molecule has 2 aromatic carbocycles. The van der Waals surface area contributed by atoms with Gasteiger partial charge in [-0.2, -0.15) is 0 Å². The molecule has 165 valence electrons. The van der Waals surface area contributed by atoms with Crippen LogP contribution < -0.4 is 10.2 Å². The van der Waals surface area contributed by atoms with Crippen LogP contribution in [-0.4, -0.2) is 55.8 Å². The van der Waals surface area contributed by atoms with E-state index in [4.69, 9.17) is 0 Å². The number of allylic oxidation sites excluding steroid dienone is 1. The molecule has 7 heteroatoms. The van der Waals surface area contributed by atoms with Gasteiger partial charge < -0.3 is 15.1 Å². The number of nitrogens with zero attached hydrogens (tertiary/aromatic N) is 2. The molecule has 2 atom stereocenters. The predicted octanol–water partition coefficient (Wildman–Crippen LogP) is 3.74. The van der Waals surface area contributed by atoms with Crippen molar-refractivity contribution in [2.45, 2.75) is 37.4 Å². The zero-order chi connectivity index (χ0) is 22.7. The number of carbonyl (C=O) groups is 2. The summed E-state index contributed by atoms with van der Waals surface area (Å²) in [5.74, 6) is -0.0178. The lowest BCUT2D eigenvalue weighted by Gasteiger charge is -2.19. The molecule has 0 spiro atoms. The molecule has 2 aromatic rings. The number of thioether (sulfide) groups is 1. The van der Waals surface area contributed by atoms with Crippen molar-refractivity contribution >= 4 is 36.5 Å². The van der Waals surface area contributed by atoms with Crippen LogP contribution in [0.5, 0.6) is 0 Å². The second-order valence-corrected chi connectivity index (χ2v) is 9.90. The molecule has 2 aliphatic heterocycles. The molecule has 1 N–H and O–H groups in total. The van der Waals surface area contributed by atoms with Gasteiger partial charge in [-0.15, -0.1) is 11.8 Å². The van der Waals surface area contributed by atoms with Crippen molar-refractivity contribution in [2.75, 3.05) is 25.5 Å². The summed E-state index contributed by atoms with van der Waals surface area (Å²) in [5, 5.41) is 3.42. The van der Waals surface area contributed by atoms with Crippen molar-refractivity contribution < 1.29 is 9.59 Å². The molecule has 0 saturated carbocycles. The van der Waals surface area contributed by atoms with E-state index in [0.717, 1.165) is 29.1 Å². The SMILES string of the molecule is C[B]C1CC=C(C(=O)NC2CC(=O)N(c3ccc(-c4ccccc4CN(C)C)cc3)C2)S1. The molecule has 1 fully saturated rings. The fourth-order valence-electron chi connectivity index (χ4n) is 4.24. The van der Waals surface area contributed by atoms with Crippen LogP contribution in [0.3, 0.4) is 0 Å². The van der Waals surface area contributed by atoms with Crippen LogP contribution in [0.1, 0.15) is 18.4 Å². The number of nitrogens with one attached hydrogen (secondary N) is 1. The predicted molar refractivity (Wildman–Crippen MR) is 134 cm³/mol. The number of benzene rings is 2. The number of carbonyl (C=O) groups excluding carboxylic acids is 2. The first kappa shape index (κ1) is 22.7. The van der Waals surface area contributed by atoms with E-state index < -0.39 is 0 Å². The fraction of sp³-hybridized carbons (Fsp3) is 0.360. The molecular formula is C25H29BN3O2S. The largest absolute Gasteiger partial charge is 0.347 e. The van der Waals surface area contributed by atoms with E-state index in [1.165, 1.54) is 11.1 Å². The molecule has 0 aromatic heterocycles. The smallest absolute Gasteiger partial charge is 0.257 e. The zero-order valence-electron chi connectivity index (χ0n) is 18.9. The molecule has 2 unspecified atom stereocenters. The molecule has 5 nitrogen and oxygen atoms in total. The minimum absolute atomic E-state index is 0.0453. The molecule has 1 saturated heterocycles. The third kappa shape index (κ3) is 5.10. The maximum atomic E-state index is 12.7. The van der Waals surface area contributed by atoms with Gasteiger partial charge in [0.25, 0.3) is 5.91 Å². The minimum Gasteiger partial charge on any atom is -0.347 e. The van der Waals surface area contributed by atoms with Crippen molar-refractivity contribution in [3.05, 3.63) is 65.1 Å². The van der Waals surface area contributed by atoms with Crippen LogP contribution in [0.15, 0.2) is 59.5 Å². The average Bonchev–Trinajstić information content (AvgIpc) is 3.40. The Bertz CT molecular complexity index is 1020. The van der Waals surface area contributed by atoms with Gasteiger partial charge in [0.05, 0.1) is 10.9 Å². The van der Waals surface area contributed by atoms with Crippen LogP contribution in [-0.2, 0) is 16.1 Å². The summed E-state index contributed by atoms with van der Waals surface area (Å²) in [6.07, 6.45) is 3.22. The Balaban J connectivity index is 1.42. The Kier molecular flexibility index (Phi) is 7.06. The summed E-state index contributed by atoms with van der Waals surface area (Å²) < 4.78 is 0. The standard InChI is InChI=1S/C25H29BN3O2S/c1-26-23-13-12-22(32-23)25(31)27-19-14-24(30)29(16-19)20-10-8-17(9-11-20)21-7-5-4-6-18(21)15-28(2)3/h4-12,19,23H,13-16H2,1-3H3,(H,27,31). The third-order valence-electron chi connectivity index (χ3n) is 5.86. The fourth-order valence-corrected chi connectivity index (χ4v) is 5.26. The number of anilines is 1. The molecule has 1 radical (unpaired) electrons. The monoisotopic (exact) mass is 446 g/mol. The highest BCUT2D eigenvalue weighted by Crippen LogP contribution is 2.32. The minimum atomic E-state index is -0.165. The summed E-state index contributed by atoms with van der Waals surface area (Å²) >= 11 is 1.60. The molecule has 2 heterocycles. The van der Waals surface area contributed by atoms with Crippen molar-refractivity contribution in [3.63, 3.8) is 0 Å². The maximum Gasteiger partial charge on any atom is 0.257 e. The Hall–Kier alpha value is -2.51. The highest BCUT2D eigenvalue weighted by atomic mass is 32.2. The third-order valence-corrected chi connectivity index (χ3v) is 7.24. The Labute approximate surface area is 195 Å². The molecule has 4 rings (SSSR count). The topological polar surface area (TPSA) is 52.7 Å². The second kappa shape index (κ2) is 9.96. The first-order valence-corrected chi connectivity index (χ1v) is 11.9. The van der Waals surface area contributed by atoms with Gasteiger partial charge in [-0.25, -0.2) is 0 Å². The number of hydrogen-bond acceptors (Lipinski definition) is 4. The van der Waals surface area contributed by atoms with E-state index in [0.29, 0.717) is 18.1 Å². The van der Waals surface area contributed by atoms with Gasteiger partial charge in [-0.3, -0.25) is 9.59 Å². The molecule has 32 heavy (non-hydrogen) atoms. The first-order valence-electron chi connectivity index (χ1n) is 11.0. The number of amides is 2. The van der Waals surface area contributed by atoms with Gasteiger partial charge in [0, 0.05) is 25.2 Å². The maximum absolute atomic E-state index is 12.7. The van der Waals surface area contributed by atoms with E-state index in [-0.39, 0.29) is 17.9 Å². The summed E-state index contributed by atoms with van der Waals surface area (Å²) in [5.41, 5.74) is 4.48. The highest BCUT2D eigenvalue weighted by Gasteiger charge is 2.33. The molecule has 0 aliphatic carbocycles. The van der Waals surface area contributed by atoms with E-state index in [2.05, 4.69) is 68.0 Å². The summed E-state index contributed by atoms with van der Waals surface area (Å²) in [7, 11) is 6.25. The molecule has 2 aliphatic rings. The van der Waals surface area contributed by atoms with Crippen LogP contribution in [0.25, 0.3) is 11.1 Å². The van der Waals surface area contributed by atoms with E-state index in [9.17, 15) is 9.59 Å². The van der Waals surface area contributed by atoms with Crippen molar-refractivity contribution in [2.24, 2.45) is 0 Å². The van der Waals surface area contributed by atoms with Crippen LogP contribution in [0.2, 0.25) is 6.82 Å². The van der Waals surface area contributed by atoms with Gasteiger partial charge in [0.15, 0.2) is 0 Å². The zero-order valence-corrected chi connectivity index (χ0v) is 19.7. The lowest BCUT2D eigenvalue weighted by atomic mass is 9.76. The van der Waals surface area contributed by atoms with Gasteiger partial charge >= 0.3 is 0 Å². The summed E-state index contributed by atoms with van der Waals surface area (Å²) in [6.45, 7) is 3.39. The van der Waals surface area contributed by atoms with Gasteiger partial charge in [0.1, 0.15) is 7.28 Å². The Morgan fingerprint density at radius 2 is 1.94 bits per heavy atom. The van der Waals surface area contributed by atoms with Crippen LogP contribution in [0, 0.1) is 0 Å². The molecule has 0 bridgehead atoms. The normalized spacial score (nSPS) is 20.6. The Morgan fingerprint density at radius 3 is 2.62 bits per heavy atom. The lowest BCUT2D eigenvalue weighted by molar-refractivity contribution is -0.118. The van der Waals surface area contributed by atoms with Crippen molar-refractivity contribution in [1.82, 2.24) is 10.2 Å². The Morgan fingerprint density at radius 1 is 1.19 bits per heavy atom. The van der Waals surface area contributed by atoms with E-state index in [1.807, 2.05) is 25.0 Å². The average molecular weight is 446 g/mol. The lowest BCUT2D eigenvalue weighted by Crippen LogP contribution is -2.37. The summed E-state index contributed by atoms with van der Waals surface area (Å²) in [6, 6.07) is 16.4. The first-order chi connectivity index (χ1) is 15.4. The van der Waals surface area contributed by atoms with Crippen LogP contribution >= 0.6 is 11.8 Å². The van der Waals surface area contributed by atoms with Crippen molar-refractivity contribution in [1.29, 1.82) is 0 Å². The van der Waals surface area contributed by atoms with Gasteiger partial charge in [-0.1, -0.05) is 49.3 Å². The van der Waals surface area contributed by atoms with Crippen LogP contribution in [0.4, 0.5) is 5.69 Å². The van der Waals surface area contributed by atoms with Gasteiger partial charge in [0.2, 0.25) is 5.91 Å². The highest BCUT2D eigenvalue weighted by molar-refractivity contribution is 8.06.